The number of amides is 2. The number of hydrogen-bond donors (Lipinski definition) is 2. The summed E-state index contributed by atoms with van der Waals surface area (Å²) in [7, 11) is 0. The largest absolute Gasteiger partial charge is 0.490 e. The first kappa shape index (κ1) is 23.5. The molecule has 7 nitrogen and oxygen atoms in total. The fraction of sp³-hybridized carbons (Fsp3) is 0.286. The highest BCUT2D eigenvalue weighted by atomic mass is 35.5. The first-order valence-corrected chi connectivity index (χ1v) is 10.1. The molecule has 0 unspecified atom stereocenters. The van der Waals surface area contributed by atoms with Gasteiger partial charge in [0.1, 0.15) is 6.61 Å². The van der Waals surface area contributed by atoms with E-state index in [1.165, 1.54) is 6.21 Å². The van der Waals surface area contributed by atoms with Gasteiger partial charge in [0, 0.05) is 6.54 Å². The topological polar surface area (TPSA) is 89.0 Å². The van der Waals surface area contributed by atoms with E-state index in [1.54, 1.807) is 30.3 Å². The number of halogens is 2. The Morgan fingerprint density at radius 1 is 1.00 bits per heavy atom. The molecule has 0 aliphatic carbocycles. The highest BCUT2D eigenvalue weighted by Gasteiger charge is 2.11. The number of carbonyl (C=O) groups is 2. The Balaban J connectivity index is 2.02. The predicted molar refractivity (Wildman–Crippen MR) is 117 cm³/mol. The lowest BCUT2D eigenvalue weighted by Crippen LogP contribution is -2.38. The molecule has 2 rings (SSSR count). The second-order valence-corrected chi connectivity index (χ2v) is 6.95. The van der Waals surface area contributed by atoms with E-state index in [0.29, 0.717) is 40.3 Å². The summed E-state index contributed by atoms with van der Waals surface area (Å²) in [4.78, 5) is 23.1. The lowest BCUT2D eigenvalue weighted by Gasteiger charge is -2.13. The van der Waals surface area contributed by atoms with E-state index in [0.717, 1.165) is 12.0 Å². The van der Waals surface area contributed by atoms with E-state index in [2.05, 4.69) is 15.8 Å². The molecule has 0 atom stereocenters. The molecule has 0 aliphatic rings. The number of benzene rings is 2. The zero-order chi connectivity index (χ0) is 21.9. The molecular weight excluding hydrogens is 429 g/mol. The molecule has 2 N–H and O–H groups in total. The zero-order valence-electron chi connectivity index (χ0n) is 16.7. The molecule has 0 spiro atoms. The number of hydrazone groups is 1. The molecule has 0 saturated heterocycles. The summed E-state index contributed by atoms with van der Waals surface area (Å²) in [5, 5.41) is 7.21. The third-order valence-electron chi connectivity index (χ3n) is 3.77. The van der Waals surface area contributed by atoms with Crippen molar-refractivity contribution in [2.24, 2.45) is 5.10 Å². The fourth-order valence-corrected chi connectivity index (χ4v) is 2.64. The first-order valence-electron chi connectivity index (χ1n) is 9.39. The predicted octanol–water partition coefficient (Wildman–Crippen LogP) is 3.95. The van der Waals surface area contributed by atoms with Crippen LogP contribution in [0.15, 0.2) is 41.5 Å². The van der Waals surface area contributed by atoms with Gasteiger partial charge in [-0.2, -0.15) is 5.10 Å². The zero-order valence-corrected chi connectivity index (χ0v) is 18.2. The van der Waals surface area contributed by atoms with Gasteiger partial charge in [-0.25, -0.2) is 5.43 Å². The van der Waals surface area contributed by atoms with E-state index < -0.39 is 11.8 Å². The Labute approximate surface area is 185 Å². The minimum absolute atomic E-state index is 0.285. The normalized spacial score (nSPS) is 10.7. The van der Waals surface area contributed by atoms with E-state index >= 15 is 0 Å². The van der Waals surface area contributed by atoms with Crippen LogP contribution in [-0.2, 0) is 16.2 Å². The molecule has 0 saturated carbocycles. The quantitative estimate of drug-likeness (QED) is 0.343. The molecule has 30 heavy (non-hydrogen) atoms. The van der Waals surface area contributed by atoms with Gasteiger partial charge < -0.3 is 14.8 Å². The number of carbonyl (C=O) groups excluding carboxylic acids is 2. The van der Waals surface area contributed by atoms with E-state index in [4.69, 9.17) is 32.7 Å². The fourth-order valence-electron chi connectivity index (χ4n) is 2.32. The Morgan fingerprint density at radius 2 is 1.80 bits per heavy atom. The Morgan fingerprint density at radius 3 is 2.50 bits per heavy atom. The van der Waals surface area contributed by atoms with Gasteiger partial charge in [0.15, 0.2) is 11.5 Å². The van der Waals surface area contributed by atoms with Gasteiger partial charge in [-0.05, 0) is 54.8 Å². The average molecular weight is 452 g/mol. The van der Waals surface area contributed by atoms with Crippen LogP contribution in [0.2, 0.25) is 10.0 Å². The van der Waals surface area contributed by atoms with Crippen LogP contribution in [0.25, 0.3) is 0 Å². The minimum Gasteiger partial charge on any atom is -0.490 e. The molecule has 0 bridgehead atoms. The molecule has 0 radical (unpaired) electrons. The van der Waals surface area contributed by atoms with Crippen LogP contribution < -0.4 is 20.2 Å². The Kier molecular flexibility index (Phi) is 9.44. The Hall–Kier alpha value is -2.77. The molecule has 0 heterocycles. The molecular formula is C21H23Cl2N3O4. The van der Waals surface area contributed by atoms with Gasteiger partial charge in [-0.15, -0.1) is 0 Å². The number of rotatable bonds is 9. The van der Waals surface area contributed by atoms with E-state index in [1.807, 2.05) is 19.9 Å². The van der Waals surface area contributed by atoms with Crippen LogP contribution in [0.1, 0.15) is 31.4 Å². The third-order valence-corrected chi connectivity index (χ3v) is 4.51. The molecule has 2 aromatic rings. The van der Waals surface area contributed by atoms with E-state index in [9.17, 15) is 9.59 Å². The molecule has 9 heteroatoms. The van der Waals surface area contributed by atoms with Gasteiger partial charge in [0.2, 0.25) is 0 Å². The monoisotopic (exact) mass is 451 g/mol. The van der Waals surface area contributed by atoms with Crippen molar-refractivity contribution in [3.05, 3.63) is 57.6 Å². The van der Waals surface area contributed by atoms with Crippen LogP contribution in [0.4, 0.5) is 0 Å². The van der Waals surface area contributed by atoms with Gasteiger partial charge >= 0.3 is 11.8 Å². The molecule has 2 amide bonds. The van der Waals surface area contributed by atoms with Crippen molar-refractivity contribution in [2.75, 3.05) is 13.2 Å². The SMILES string of the molecule is CCCNC(=O)C(=O)N/N=C\c1ccc(OCc2ccc(Cl)c(Cl)c2)c(OCC)c1. The van der Waals surface area contributed by atoms with Crippen molar-refractivity contribution in [1.29, 1.82) is 0 Å². The van der Waals surface area contributed by atoms with Crippen molar-refractivity contribution in [3.63, 3.8) is 0 Å². The Bertz CT molecular complexity index is 919. The standard InChI is InChI=1S/C21H23Cl2N3O4/c1-3-9-24-20(27)21(28)26-25-12-14-6-8-18(19(11-14)29-4-2)30-13-15-5-7-16(22)17(23)10-15/h5-8,10-12H,3-4,9,13H2,1-2H3,(H,24,27)(H,26,28)/b25-12-. The maximum absolute atomic E-state index is 11.6. The van der Waals surface area contributed by atoms with Gasteiger partial charge in [-0.1, -0.05) is 36.2 Å². The van der Waals surface area contributed by atoms with Crippen LogP contribution >= 0.6 is 23.2 Å². The summed E-state index contributed by atoms with van der Waals surface area (Å²) in [5.41, 5.74) is 3.71. The summed E-state index contributed by atoms with van der Waals surface area (Å²) in [6.07, 6.45) is 2.15. The van der Waals surface area contributed by atoms with Crippen LogP contribution in [0.3, 0.4) is 0 Å². The second-order valence-electron chi connectivity index (χ2n) is 6.13. The summed E-state index contributed by atoms with van der Waals surface area (Å²) in [6, 6.07) is 10.5. The number of hydrogen-bond acceptors (Lipinski definition) is 5. The number of nitrogens with zero attached hydrogens (tertiary/aromatic N) is 1. The molecule has 160 valence electrons. The van der Waals surface area contributed by atoms with Crippen molar-refractivity contribution < 1.29 is 19.1 Å². The van der Waals surface area contributed by atoms with Crippen LogP contribution in [0, 0.1) is 0 Å². The number of ether oxygens (including phenoxy) is 2. The van der Waals surface area contributed by atoms with E-state index in [-0.39, 0.29) is 6.61 Å². The van der Waals surface area contributed by atoms with Gasteiger partial charge in [0.05, 0.1) is 22.9 Å². The lowest BCUT2D eigenvalue weighted by molar-refractivity contribution is -0.139. The summed E-state index contributed by atoms with van der Waals surface area (Å²) in [5.74, 6) is -0.488. The molecule has 0 fully saturated rings. The van der Waals surface area contributed by atoms with Crippen LogP contribution in [0.5, 0.6) is 11.5 Å². The summed E-state index contributed by atoms with van der Waals surface area (Å²) >= 11 is 12.0. The average Bonchev–Trinajstić information content (AvgIpc) is 2.74. The lowest BCUT2D eigenvalue weighted by atomic mass is 10.2. The molecule has 2 aromatic carbocycles. The highest BCUT2D eigenvalue weighted by Crippen LogP contribution is 2.29. The smallest absolute Gasteiger partial charge is 0.329 e. The maximum Gasteiger partial charge on any atom is 0.329 e. The van der Waals surface area contributed by atoms with Crippen LogP contribution in [-0.4, -0.2) is 31.2 Å². The van der Waals surface area contributed by atoms with Crippen molar-refractivity contribution in [3.8, 4) is 11.5 Å². The highest BCUT2D eigenvalue weighted by molar-refractivity contribution is 6.42. The second kappa shape index (κ2) is 12.0. The molecule has 0 aliphatic heterocycles. The maximum atomic E-state index is 11.6. The van der Waals surface area contributed by atoms with Crippen molar-refractivity contribution in [1.82, 2.24) is 10.7 Å². The van der Waals surface area contributed by atoms with Gasteiger partial charge in [0.25, 0.3) is 0 Å². The minimum atomic E-state index is -0.827. The first-order chi connectivity index (χ1) is 14.4. The summed E-state index contributed by atoms with van der Waals surface area (Å²) in [6.45, 7) is 4.91. The third kappa shape index (κ3) is 7.24. The van der Waals surface area contributed by atoms with Gasteiger partial charge in [-0.3, -0.25) is 9.59 Å². The number of nitrogens with one attached hydrogen (secondary N) is 2. The van der Waals surface area contributed by atoms with Crippen molar-refractivity contribution in [2.45, 2.75) is 26.9 Å². The summed E-state index contributed by atoms with van der Waals surface area (Å²) < 4.78 is 11.5. The molecule has 0 aromatic heterocycles. The van der Waals surface area contributed by atoms with Crippen molar-refractivity contribution >= 4 is 41.2 Å².